The number of hydrogen-bond donors (Lipinski definition) is 1. The van der Waals surface area contributed by atoms with E-state index in [0.29, 0.717) is 40.2 Å². The number of amides is 2. The van der Waals surface area contributed by atoms with Gasteiger partial charge in [0.1, 0.15) is 6.04 Å². The molecular weight excluding hydrogens is 403 g/mol. The average Bonchev–Trinajstić information content (AvgIpc) is 3.29. The number of carbonyl (C=O) groups is 2. The monoisotopic (exact) mass is 420 g/mol. The lowest BCUT2D eigenvalue weighted by Crippen LogP contribution is -2.43. The quantitative estimate of drug-likeness (QED) is 0.814. The van der Waals surface area contributed by atoms with Crippen molar-refractivity contribution in [3.8, 4) is 11.5 Å². The van der Waals surface area contributed by atoms with E-state index in [1.165, 1.54) is 0 Å². The van der Waals surface area contributed by atoms with Gasteiger partial charge in [-0.1, -0.05) is 29.3 Å². The van der Waals surface area contributed by atoms with Crippen LogP contribution in [0.1, 0.15) is 18.4 Å². The summed E-state index contributed by atoms with van der Waals surface area (Å²) in [6.45, 7) is 0.742. The molecule has 1 atom stereocenters. The van der Waals surface area contributed by atoms with Crippen molar-refractivity contribution in [2.45, 2.75) is 25.3 Å². The molecule has 2 aliphatic heterocycles. The van der Waals surface area contributed by atoms with Crippen LogP contribution >= 0.6 is 23.2 Å². The van der Waals surface area contributed by atoms with Gasteiger partial charge in [0, 0.05) is 22.3 Å². The van der Waals surface area contributed by atoms with E-state index in [4.69, 9.17) is 32.7 Å². The molecule has 8 heteroatoms. The number of rotatable bonds is 4. The van der Waals surface area contributed by atoms with Gasteiger partial charge in [-0.15, -0.1) is 0 Å². The highest BCUT2D eigenvalue weighted by molar-refractivity contribution is 6.35. The minimum Gasteiger partial charge on any atom is -0.454 e. The van der Waals surface area contributed by atoms with Crippen molar-refractivity contribution in [1.82, 2.24) is 4.90 Å². The maximum absolute atomic E-state index is 12.8. The molecule has 0 aromatic heterocycles. The van der Waals surface area contributed by atoms with E-state index < -0.39 is 6.04 Å². The summed E-state index contributed by atoms with van der Waals surface area (Å²) >= 11 is 12.0. The molecule has 2 amide bonds. The molecule has 1 N–H and O–H groups in total. The Kier molecular flexibility index (Phi) is 5.33. The lowest BCUT2D eigenvalue weighted by Gasteiger charge is -2.24. The second kappa shape index (κ2) is 7.89. The van der Waals surface area contributed by atoms with Crippen LogP contribution in [0.5, 0.6) is 11.5 Å². The summed E-state index contributed by atoms with van der Waals surface area (Å²) < 4.78 is 10.6. The van der Waals surface area contributed by atoms with E-state index >= 15 is 0 Å². The zero-order valence-corrected chi connectivity index (χ0v) is 16.4. The SMILES string of the molecule is O=C(Nc1cc(Cl)cc(Cl)c1)C1CCCN1C(=O)Cc1ccc2c(c1)OCO2. The molecule has 0 bridgehead atoms. The zero-order valence-electron chi connectivity index (χ0n) is 14.9. The van der Waals surface area contributed by atoms with Crippen molar-refractivity contribution in [2.75, 3.05) is 18.7 Å². The van der Waals surface area contributed by atoms with Crippen LogP contribution in [-0.4, -0.2) is 36.1 Å². The lowest BCUT2D eigenvalue weighted by atomic mass is 10.1. The molecule has 2 aromatic rings. The molecular formula is C20H18Cl2N2O4. The van der Waals surface area contributed by atoms with Crippen LogP contribution in [0.2, 0.25) is 10.0 Å². The predicted molar refractivity (Wildman–Crippen MR) is 106 cm³/mol. The molecule has 1 fully saturated rings. The van der Waals surface area contributed by atoms with E-state index in [1.807, 2.05) is 6.07 Å². The van der Waals surface area contributed by atoms with Crippen LogP contribution in [0, 0.1) is 0 Å². The van der Waals surface area contributed by atoms with Gasteiger partial charge in [-0.2, -0.15) is 0 Å². The Morgan fingerprint density at radius 3 is 2.61 bits per heavy atom. The van der Waals surface area contributed by atoms with Gasteiger partial charge in [0.15, 0.2) is 11.5 Å². The number of hydrogen-bond acceptors (Lipinski definition) is 4. The number of anilines is 1. The number of likely N-dealkylation sites (tertiary alicyclic amines) is 1. The van der Waals surface area contributed by atoms with E-state index in [0.717, 1.165) is 12.0 Å². The first-order chi connectivity index (χ1) is 13.5. The molecule has 0 radical (unpaired) electrons. The van der Waals surface area contributed by atoms with E-state index in [-0.39, 0.29) is 25.0 Å². The number of nitrogens with one attached hydrogen (secondary N) is 1. The van der Waals surface area contributed by atoms with Crippen molar-refractivity contribution < 1.29 is 19.1 Å². The van der Waals surface area contributed by atoms with Crippen molar-refractivity contribution in [3.05, 3.63) is 52.0 Å². The van der Waals surface area contributed by atoms with Crippen molar-refractivity contribution in [3.63, 3.8) is 0 Å². The largest absolute Gasteiger partial charge is 0.454 e. The Bertz CT molecular complexity index is 914. The smallest absolute Gasteiger partial charge is 0.247 e. The van der Waals surface area contributed by atoms with Gasteiger partial charge in [0.25, 0.3) is 0 Å². The number of fused-ring (bicyclic) bond motifs is 1. The maximum atomic E-state index is 12.8. The van der Waals surface area contributed by atoms with Gasteiger partial charge in [-0.3, -0.25) is 9.59 Å². The Hall–Kier alpha value is -2.44. The molecule has 146 valence electrons. The van der Waals surface area contributed by atoms with Gasteiger partial charge < -0.3 is 19.7 Å². The first kappa shape index (κ1) is 18.9. The fourth-order valence-electron chi connectivity index (χ4n) is 3.52. The van der Waals surface area contributed by atoms with Crippen molar-refractivity contribution in [2.24, 2.45) is 0 Å². The fourth-order valence-corrected chi connectivity index (χ4v) is 4.04. The van der Waals surface area contributed by atoms with Crippen LogP contribution < -0.4 is 14.8 Å². The maximum Gasteiger partial charge on any atom is 0.247 e. The highest BCUT2D eigenvalue weighted by atomic mass is 35.5. The summed E-state index contributed by atoms with van der Waals surface area (Å²) in [5.74, 6) is 0.976. The van der Waals surface area contributed by atoms with Crippen molar-refractivity contribution in [1.29, 1.82) is 0 Å². The van der Waals surface area contributed by atoms with Gasteiger partial charge in [-0.05, 0) is 48.7 Å². The van der Waals surface area contributed by atoms with Gasteiger partial charge in [0.2, 0.25) is 18.6 Å². The minimum absolute atomic E-state index is 0.0966. The summed E-state index contributed by atoms with van der Waals surface area (Å²) in [5, 5.41) is 3.68. The molecule has 1 saturated heterocycles. The minimum atomic E-state index is -0.515. The first-order valence-electron chi connectivity index (χ1n) is 8.94. The molecule has 1 unspecified atom stereocenters. The number of carbonyl (C=O) groups excluding carboxylic acids is 2. The van der Waals surface area contributed by atoms with Gasteiger partial charge >= 0.3 is 0 Å². The van der Waals surface area contributed by atoms with E-state index in [2.05, 4.69) is 5.32 Å². The van der Waals surface area contributed by atoms with Crippen LogP contribution in [0.15, 0.2) is 36.4 Å². The third-order valence-corrected chi connectivity index (χ3v) is 5.23. The number of nitrogens with zero attached hydrogens (tertiary/aromatic N) is 1. The molecule has 0 spiro atoms. The molecule has 4 rings (SSSR count). The van der Waals surface area contributed by atoms with Gasteiger partial charge in [0.05, 0.1) is 6.42 Å². The van der Waals surface area contributed by atoms with Crippen LogP contribution in [0.25, 0.3) is 0 Å². The molecule has 2 heterocycles. The Balaban J connectivity index is 1.43. The lowest BCUT2D eigenvalue weighted by molar-refractivity contribution is -0.136. The zero-order chi connectivity index (χ0) is 19.7. The number of halogens is 2. The highest BCUT2D eigenvalue weighted by Crippen LogP contribution is 2.33. The third-order valence-electron chi connectivity index (χ3n) is 4.80. The summed E-state index contributed by atoms with van der Waals surface area (Å²) in [6.07, 6.45) is 1.59. The fraction of sp³-hybridized carbons (Fsp3) is 0.300. The molecule has 0 aliphatic carbocycles. The van der Waals surface area contributed by atoms with E-state index in [1.54, 1.807) is 35.2 Å². The molecule has 2 aromatic carbocycles. The van der Waals surface area contributed by atoms with Crippen LogP contribution in [0.3, 0.4) is 0 Å². The summed E-state index contributed by atoms with van der Waals surface area (Å²) in [4.78, 5) is 27.2. The first-order valence-corrected chi connectivity index (χ1v) is 9.70. The van der Waals surface area contributed by atoms with Crippen LogP contribution in [0.4, 0.5) is 5.69 Å². The number of benzene rings is 2. The summed E-state index contributed by atoms with van der Waals surface area (Å²) in [6, 6.07) is 9.76. The topological polar surface area (TPSA) is 67.9 Å². The van der Waals surface area contributed by atoms with Gasteiger partial charge in [-0.25, -0.2) is 0 Å². The third kappa shape index (κ3) is 4.03. The molecule has 28 heavy (non-hydrogen) atoms. The van der Waals surface area contributed by atoms with Crippen molar-refractivity contribution >= 4 is 40.7 Å². The van der Waals surface area contributed by atoms with E-state index in [9.17, 15) is 9.59 Å². The average molecular weight is 421 g/mol. The molecule has 6 nitrogen and oxygen atoms in total. The number of ether oxygens (including phenoxy) is 2. The summed E-state index contributed by atoms with van der Waals surface area (Å²) in [5.41, 5.74) is 1.33. The predicted octanol–water partition coefficient (Wildman–Crippen LogP) is 3.89. The highest BCUT2D eigenvalue weighted by Gasteiger charge is 2.34. The Morgan fingerprint density at radius 1 is 1.07 bits per heavy atom. The molecule has 0 saturated carbocycles. The Labute approximate surface area is 172 Å². The van der Waals surface area contributed by atoms with Crippen LogP contribution in [-0.2, 0) is 16.0 Å². The molecule has 2 aliphatic rings. The second-order valence-electron chi connectivity index (χ2n) is 6.76. The Morgan fingerprint density at radius 2 is 1.82 bits per heavy atom. The second-order valence-corrected chi connectivity index (χ2v) is 7.63. The standard InChI is InChI=1S/C20H18Cl2N2O4/c21-13-8-14(22)10-15(9-13)23-20(26)16-2-1-5-24(16)19(25)7-12-3-4-17-18(6-12)28-11-27-17/h3-4,6,8-10,16H,1-2,5,7,11H2,(H,23,26). The normalized spacial score (nSPS) is 17.6. The summed E-state index contributed by atoms with van der Waals surface area (Å²) in [7, 11) is 0.